The van der Waals surface area contributed by atoms with Gasteiger partial charge in [0.2, 0.25) is 6.41 Å². The molecule has 0 saturated carbocycles. The van der Waals surface area contributed by atoms with E-state index in [0.717, 1.165) is 6.26 Å². The molecule has 1 aromatic carbocycles. The van der Waals surface area contributed by atoms with Gasteiger partial charge in [-0.2, -0.15) is 0 Å². The van der Waals surface area contributed by atoms with Crippen LogP contribution in [0.4, 0.5) is 5.69 Å². The van der Waals surface area contributed by atoms with Gasteiger partial charge in [-0.1, -0.05) is 0 Å². The fraction of sp³-hybridized carbons (Fsp3) is 0.125. The second-order valence-corrected chi connectivity index (χ2v) is 4.57. The van der Waals surface area contributed by atoms with Gasteiger partial charge in [0.15, 0.2) is 9.84 Å². The number of benzene rings is 1. The maximum atomic E-state index is 11.0. The molecule has 0 aromatic heterocycles. The maximum Gasteiger partial charge on any atom is 0.211 e. The number of carbonyl (C=O) groups excluding carboxylic acids is 1. The van der Waals surface area contributed by atoms with Crippen molar-refractivity contribution in [3.05, 3.63) is 24.3 Å². The largest absolute Gasteiger partial charge is 0.329 e. The zero-order valence-corrected chi connectivity index (χ0v) is 7.84. The van der Waals surface area contributed by atoms with E-state index in [1.165, 1.54) is 24.3 Å². The van der Waals surface area contributed by atoms with Gasteiger partial charge < -0.3 is 5.32 Å². The summed E-state index contributed by atoms with van der Waals surface area (Å²) in [6.45, 7) is 0. The SMILES string of the molecule is CS(=O)(=O)c1ccc(NC=O)cc1. The molecule has 0 radical (unpaired) electrons. The number of nitrogens with one attached hydrogen (secondary N) is 1. The van der Waals surface area contributed by atoms with Crippen LogP contribution in [0.25, 0.3) is 0 Å². The molecule has 0 fully saturated rings. The molecule has 0 unspecified atom stereocenters. The van der Waals surface area contributed by atoms with Crippen molar-refractivity contribution in [3.63, 3.8) is 0 Å². The first-order chi connectivity index (χ1) is 6.04. The summed E-state index contributed by atoms with van der Waals surface area (Å²) in [4.78, 5) is 10.3. The number of carbonyl (C=O) groups is 1. The molecule has 70 valence electrons. The molecule has 13 heavy (non-hydrogen) atoms. The normalized spacial score (nSPS) is 10.8. The molecule has 0 aliphatic rings. The Kier molecular flexibility index (Phi) is 2.67. The minimum absolute atomic E-state index is 0.240. The molecular formula is C8H9NO3S. The van der Waals surface area contributed by atoms with E-state index in [-0.39, 0.29) is 4.90 Å². The third-order valence-electron chi connectivity index (χ3n) is 1.51. The molecule has 0 heterocycles. The first-order valence-electron chi connectivity index (χ1n) is 3.54. The van der Waals surface area contributed by atoms with E-state index in [9.17, 15) is 13.2 Å². The lowest BCUT2D eigenvalue weighted by atomic mass is 10.3. The zero-order chi connectivity index (χ0) is 9.90. The summed E-state index contributed by atoms with van der Waals surface area (Å²) in [7, 11) is -3.15. The molecule has 1 amide bonds. The Balaban J connectivity index is 3.01. The number of anilines is 1. The van der Waals surface area contributed by atoms with Crippen LogP contribution in [-0.2, 0) is 14.6 Å². The van der Waals surface area contributed by atoms with Crippen LogP contribution in [-0.4, -0.2) is 21.1 Å². The smallest absolute Gasteiger partial charge is 0.211 e. The van der Waals surface area contributed by atoms with Gasteiger partial charge in [0.1, 0.15) is 0 Å². The predicted molar refractivity (Wildman–Crippen MR) is 49.2 cm³/mol. The van der Waals surface area contributed by atoms with Crippen molar-refractivity contribution in [2.75, 3.05) is 11.6 Å². The minimum Gasteiger partial charge on any atom is -0.329 e. The summed E-state index contributed by atoms with van der Waals surface area (Å²) < 4.78 is 22.0. The number of hydrogen-bond acceptors (Lipinski definition) is 3. The summed E-state index contributed by atoms with van der Waals surface area (Å²) in [5.74, 6) is 0. The molecule has 1 N–H and O–H groups in total. The summed E-state index contributed by atoms with van der Waals surface area (Å²) >= 11 is 0. The molecule has 0 saturated heterocycles. The molecule has 4 nitrogen and oxygen atoms in total. The van der Waals surface area contributed by atoms with Gasteiger partial charge in [0.05, 0.1) is 4.90 Å². The van der Waals surface area contributed by atoms with Crippen molar-refractivity contribution in [2.24, 2.45) is 0 Å². The van der Waals surface area contributed by atoms with Crippen molar-refractivity contribution in [2.45, 2.75) is 4.90 Å². The van der Waals surface area contributed by atoms with Crippen LogP contribution < -0.4 is 5.32 Å². The molecule has 1 aromatic rings. The van der Waals surface area contributed by atoms with Crippen molar-refractivity contribution in [3.8, 4) is 0 Å². The standard InChI is InChI=1S/C8H9NO3S/c1-13(11,12)8-4-2-7(3-5-8)9-6-10/h2-6H,1H3,(H,9,10). The van der Waals surface area contributed by atoms with Crippen LogP contribution in [0.1, 0.15) is 0 Å². The Morgan fingerprint density at radius 2 is 1.77 bits per heavy atom. The molecule has 0 spiro atoms. The average Bonchev–Trinajstić information content (AvgIpc) is 2.04. The van der Waals surface area contributed by atoms with E-state index in [0.29, 0.717) is 12.1 Å². The molecule has 0 aliphatic carbocycles. The number of rotatable bonds is 3. The van der Waals surface area contributed by atoms with Gasteiger partial charge >= 0.3 is 0 Å². The van der Waals surface area contributed by atoms with Gasteiger partial charge in [-0.25, -0.2) is 8.42 Å². The van der Waals surface area contributed by atoms with Crippen LogP contribution in [0.5, 0.6) is 0 Å². The summed E-state index contributed by atoms with van der Waals surface area (Å²) in [5, 5.41) is 2.41. The number of amides is 1. The summed E-state index contributed by atoms with van der Waals surface area (Å²) in [6.07, 6.45) is 1.67. The van der Waals surface area contributed by atoms with Crippen molar-refractivity contribution < 1.29 is 13.2 Å². The van der Waals surface area contributed by atoms with Crippen LogP contribution >= 0.6 is 0 Å². The zero-order valence-electron chi connectivity index (χ0n) is 7.02. The van der Waals surface area contributed by atoms with Crippen molar-refractivity contribution >= 4 is 21.9 Å². The number of hydrogen-bond donors (Lipinski definition) is 1. The average molecular weight is 199 g/mol. The van der Waals surface area contributed by atoms with E-state index < -0.39 is 9.84 Å². The lowest BCUT2D eigenvalue weighted by Gasteiger charge is -2.00. The third-order valence-corrected chi connectivity index (χ3v) is 2.64. The minimum atomic E-state index is -3.15. The fourth-order valence-corrected chi connectivity index (χ4v) is 1.50. The molecular weight excluding hydrogens is 190 g/mol. The summed E-state index contributed by atoms with van der Waals surface area (Å²) in [5.41, 5.74) is 0.572. The highest BCUT2D eigenvalue weighted by Gasteiger charge is 2.05. The first kappa shape index (κ1) is 9.73. The lowest BCUT2D eigenvalue weighted by molar-refractivity contribution is -0.105. The Labute approximate surface area is 76.5 Å². The van der Waals surface area contributed by atoms with Crippen LogP contribution in [0, 0.1) is 0 Å². The Bertz CT molecular complexity index is 394. The lowest BCUT2D eigenvalue weighted by Crippen LogP contribution is -1.98. The van der Waals surface area contributed by atoms with Crippen molar-refractivity contribution in [1.29, 1.82) is 0 Å². The highest BCUT2D eigenvalue weighted by molar-refractivity contribution is 7.90. The van der Waals surface area contributed by atoms with Gasteiger partial charge in [-0.05, 0) is 24.3 Å². The quantitative estimate of drug-likeness (QED) is 0.727. The Hall–Kier alpha value is -1.36. The summed E-state index contributed by atoms with van der Waals surface area (Å²) in [6, 6.07) is 5.96. The van der Waals surface area contributed by atoms with E-state index >= 15 is 0 Å². The molecule has 0 bridgehead atoms. The number of sulfone groups is 1. The van der Waals surface area contributed by atoms with Crippen LogP contribution in [0.3, 0.4) is 0 Å². The van der Waals surface area contributed by atoms with Crippen LogP contribution in [0.2, 0.25) is 0 Å². The van der Waals surface area contributed by atoms with Gasteiger partial charge in [0, 0.05) is 11.9 Å². The molecule has 0 aliphatic heterocycles. The maximum absolute atomic E-state index is 11.0. The van der Waals surface area contributed by atoms with E-state index in [2.05, 4.69) is 5.32 Å². The fourth-order valence-electron chi connectivity index (χ4n) is 0.866. The third kappa shape index (κ3) is 2.55. The van der Waals surface area contributed by atoms with E-state index in [1.54, 1.807) is 0 Å². The van der Waals surface area contributed by atoms with E-state index in [1.807, 2.05) is 0 Å². The van der Waals surface area contributed by atoms with E-state index in [4.69, 9.17) is 0 Å². The molecule has 5 heteroatoms. The second kappa shape index (κ2) is 3.57. The first-order valence-corrected chi connectivity index (χ1v) is 5.43. The molecule has 1 rings (SSSR count). The van der Waals surface area contributed by atoms with Crippen LogP contribution in [0.15, 0.2) is 29.2 Å². The Morgan fingerprint density at radius 3 is 2.15 bits per heavy atom. The topological polar surface area (TPSA) is 63.2 Å². The second-order valence-electron chi connectivity index (χ2n) is 2.56. The highest BCUT2D eigenvalue weighted by Crippen LogP contribution is 2.12. The molecule has 0 atom stereocenters. The van der Waals surface area contributed by atoms with Gasteiger partial charge in [-0.3, -0.25) is 4.79 Å². The monoisotopic (exact) mass is 199 g/mol. The van der Waals surface area contributed by atoms with Gasteiger partial charge in [-0.15, -0.1) is 0 Å². The highest BCUT2D eigenvalue weighted by atomic mass is 32.2. The Morgan fingerprint density at radius 1 is 1.23 bits per heavy atom. The van der Waals surface area contributed by atoms with Gasteiger partial charge in [0.25, 0.3) is 0 Å². The van der Waals surface area contributed by atoms with Crippen molar-refractivity contribution in [1.82, 2.24) is 0 Å². The predicted octanol–water partition coefficient (Wildman–Crippen LogP) is 0.658.